The minimum absolute atomic E-state index is 0.0898. The summed E-state index contributed by atoms with van der Waals surface area (Å²) in [6.07, 6.45) is 2.85. The van der Waals surface area contributed by atoms with Gasteiger partial charge in [0.2, 0.25) is 5.91 Å². The topological polar surface area (TPSA) is 85.0 Å². The number of hydrogen-bond donors (Lipinski definition) is 1. The van der Waals surface area contributed by atoms with Gasteiger partial charge in [0.15, 0.2) is 11.5 Å². The molecule has 1 unspecified atom stereocenters. The highest BCUT2D eigenvalue weighted by Gasteiger charge is 2.47. The summed E-state index contributed by atoms with van der Waals surface area (Å²) in [4.78, 5) is 26.4. The van der Waals surface area contributed by atoms with E-state index in [4.69, 9.17) is 5.73 Å². The van der Waals surface area contributed by atoms with Crippen molar-refractivity contribution in [3.05, 3.63) is 71.9 Å². The van der Waals surface area contributed by atoms with Crippen LogP contribution < -0.4 is 5.73 Å². The van der Waals surface area contributed by atoms with Crippen molar-refractivity contribution < 1.29 is 18.0 Å². The molecule has 31 heavy (non-hydrogen) atoms. The molecule has 1 saturated heterocycles. The number of carbonyl (C=O) groups excluding carboxylic acids is 1. The van der Waals surface area contributed by atoms with Crippen molar-refractivity contribution >= 4 is 11.6 Å². The first kappa shape index (κ1) is 20.8. The fraction of sp³-hybridized carbons (Fsp3) is 0.273. The summed E-state index contributed by atoms with van der Waals surface area (Å²) in [6.45, 7) is 1.85. The van der Waals surface area contributed by atoms with E-state index >= 15 is 4.39 Å². The van der Waals surface area contributed by atoms with Crippen LogP contribution >= 0.6 is 0 Å². The van der Waals surface area contributed by atoms with Crippen LogP contribution in [0.3, 0.4) is 0 Å². The van der Waals surface area contributed by atoms with Gasteiger partial charge in [-0.3, -0.25) is 9.78 Å². The number of halogens is 3. The van der Waals surface area contributed by atoms with Crippen LogP contribution in [0.4, 0.5) is 18.9 Å². The SMILES string of the molecule is CC(F)(c1ncccn1)C1CN(C(=O)Cc2nc(-c3ccc(F)cc3F)ccc2N)C1. The van der Waals surface area contributed by atoms with Crippen molar-refractivity contribution in [3.63, 3.8) is 0 Å². The van der Waals surface area contributed by atoms with E-state index in [0.717, 1.165) is 12.1 Å². The standard InChI is InChI=1S/C22H20F3N5O/c1-22(25,21-27-7-2-8-28-21)13-11-30(12-13)20(31)10-19-17(26)5-6-18(29-19)15-4-3-14(23)9-16(15)24/h2-9,13H,10-12,26H2,1H3. The number of alkyl halides is 1. The first-order chi connectivity index (χ1) is 14.8. The van der Waals surface area contributed by atoms with E-state index in [1.807, 2.05) is 0 Å². The molecular weight excluding hydrogens is 407 g/mol. The van der Waals surface area contributed by atoms with E-state index in [9.17, 15) is 13.6 Å². The molecule has 3 aromatic rings. The number of aromatic nitrogens is 3. The van der Waals surface area contributed by atoms with Gasteiger partial charge in [0.25, 0.3) is 0 Å². The number of anilines is 1. The number of benzene rings is 1. The molecule has 160 valence electrons. The molecular formula is C22H20F3N5O. The molecule has 3 heterocycles. The molecule has 0 radical (unpaired) electrons. The number of nitrogen functional groups attached to an aromatic ring is 1. The van der Waals surface area contributed by atoms with Crippen LogP contribution in [0.15, 0.2) is 48.8 Å². The number of hydrogen-bond acceptors (Lipinski definition) is 5. The van der Waals surface area contributed by atoms with E-state index in [1.165, 1.54) is 42.4 Å². The molecule has 1 aromatic carbocycles. The van der Waals surface area contributed by atoms with Gasteiger partial charge >= 0.3 is 0 Å². The van der Waals surface area contributed by atoms with E-state index in [0.29, 0.717) is 0 Å². The Morgan fingerprint density at radius 1 is 1.19 bits per heavy atom. The van der Waals surface area contributed by atoms with Gasteiger partial charge < -0.3 is 10.6 Å². The minimum atomic E-state index is -1.75. The minimum Gasteiger partial charge on any atom is -0.397 e. The Kier molecular flexibility index (Phi) is 5.34. The van der Waals surface area contributed by atoms with Crippen molar-refractivity contribution in [2.75, 3.05) is 18.8 Å². The zero-order valence-corrected chi connectivity index (χ0v) is 16.7. The molecule has 0 aliphatic carbocycles. The van der Waals surface area contributed by atoms with Gasteiger partial charge in [-0.2, -0.15) is 0 Å². The maximum Gasteiger partial charge on any atom is 0.228 e. The molecule has 4 rings (SSSR count). The summed E-state index contributed by atoms with van der Waals surface area (Å²) in [5.74, 6) is -2.06. The molecule has 0 bridgehead atoms. The average Bonchev–Trinajstić information content (AvgIpc) is 2.69. The van der Waals surface area contributed by atoms with Crippen LogP contribution in [-0.2, 0) is 16.9 Å². The largest absolute Gasteiger partial charge is 0.397 e. The Morgan fingerprint density at radius 2 is 1.90 bits per heavy atom. The second-order valence-corrected chi connectivity index (χ2v) is 7.68. The second kappa shape index (κ2) is 7.98. The predicted molar refractivity (Wildman–Crippen MR) is 108 cm³/mol. The van der Waals surface area contributed by atoms with Gasteiger partial charge in [0, 0.05) is 43.0 Å². The summed E-state index contributed by atoms with van der Waals surface area (Å²) in [6, 6.07) is 7.82. The molecule has 1 aliphatic heterocycles. The molecule has 2 N–H and O–H groups in total. The van der Waals surface area contributed by atoms with Crippen LogP contribution in [0.1, 0.15) is 18.4 Å². The average molecular weight is 427 g/mol. The molecule has 1 aliphatic rings. The third kappa shape index (κ3) is 4.08. The summed E-state index contributed by atoms with van der Waals surface area (Å²) < 4.78 is 42.4. The number of likely N-dealkylation sites (tertiary alicyclic amines) is 1. The Hall–Kier alpha value is -3.49. The lowest BCUT2D eigenvalue weighted by Crippen LogP contribution is -2.56. The van der Waals surface area contributed by atoms with Gasteiger partial charge in [0.1, 0.15) is 11.6 Å². The molecule has 0 saturated carbocycles. The van der Waals surface area contributed by atoms with E-state index < -0.39 is 23.2 Å². The molecule has 1 amide bonds. The Bertz CT molecular complexity index is 1120. The van der Waals surface area contributed by atoms with Gasteiger partial charge in [-0.25, -0.2) is 23.1 Å². The maximum absolute atomic E-state index is 15.1. The van der Waals surface area contributed by atoms with Gasteiger partial charge in [0.05, 0.1) is 23.5 Å². The van der Waals surface area contributed by atoms with Crippen molar-refractivity contribution in [3.8, 4) is 11.3 Å². The monoisotopic (exact) mass is 427 g/mol. The molecule has 6 nitrogen and oxygen atoms in total. The highest BCUT2D eigenvalue weighted by Crippen LogP contribution is 2.37. The molecule has 1 atom stereocenters. The number of carbonyl (C=O) groups is 1. The number of pyridine rings is 1. The Morgan fingerprint density at radius 3 is 2.58 bits per heavy atom. The van der Waals surface area contributed by atoms with Crippen molar-refractivity contribution in [1.82, 2.24) is 19.9 Å². The van der Waals surface area contributed by atoms with Crippen LogP contribution in [0.2, 0.25) is 0 Å². The Labute approximate surface area is 177 Å². The highest BCUT2D eigenvalue weighted by molar-refractivity contribution is 5.81. The second-order valence-electron chi connectivity index (χ2n) is 7.68. The zero-order valence-electron chi connectivity index (χ0n) is 16.7. The van der Waals surface area contributed by atoms with E-state index in [1.54, 1.807) is 6.07 Å². The fourth-order valence-corrected chi connectivity index (χ4v) is 3.52. The van der Waals surface area contributed by atoms with Gasteiger partial charge in [-0.1, -0.05) is 0 Å². The number of amides is 1. The third-order valence-corrected chi connectivity index (χ3v) is 5.54. The third-order valence-electron chi connectivity index (χ3n) is 5.54. The van der Waals surface area contributed by atoms with Gasteiger partial charge in [-0.15, -0.1) is 0 Å². The van der Waals surface area contributed by atoms with Crippen molar-refractivity contribution in [2.24, 2.45) is 5.92 Å². The molecule has 9 heteroatoms. The quantitative estimate of drug-likeness (QED) is 0.676. The first-order valence-electron chi connectivity index (χ1n) is 9.70. The van der Waals surface area contributed by atoms with Crippen molar-refractivity contribution in [2.45, 2.75) is 19.0 Å². The van der Waals surface area contributed by atoms with Crippen LogP contribution in [0.5, 0.6) is 0 Å². The van der Waals surface area contributed by atoms with Crippen molar-refractivity contribution in [1.29, 1.82) is 0 Å². The normalized spacial score (nSPS) is 15.9. The van der Waals surface area contributed by atoms with E-state index in [-0.39, 0.29) is 53.9 Å². The number of nitrogens with two attached hydrogens (primary N) is 1. The molecule has 0 spiro atoms. The number of rotatable bonds is 5. The fourth-order valence-electron chi connectivity index (χ4n) is 3.52. The van der Waals surface area contributed by atoms with Gasteiger partial charge in [-0.05, 0) is 37.3 Å². The molecule has 2 aromatic heterocycles. The summed E-state index contributed by atoms with van der Waals surface area (Å²) in [7, 11) is 0. The zero-order chi connectivity index (χ0) is 22.2. The van der Waals surface area contributed by atoms with Crippen LogP contribution in [0.25, 0.3) is 11.3 Å². The number of nitrogens with zero attached hydrogens (tertiary/aromatic N) is 4. The van der Waals surface area contributed by atoms with E-state index in [2.05, 4.69) is 15.0 Å². The lowest BCUT2D eigenvalue weighted by Gasteiger charge is -2.44. The lowest BCUT2D eigenvalue weighted by molar-refractivity contribution is -0.141. The van der Waals surface area contributed by atoms with Crippen LogP contribution in [0, 0.1) is 17.6 Å². The first-order valence-corrected chi connectivity index (χ1v) is 9.70. The summed E-state index contributed by atoms with van der Waals surface area (Å²) in [5.41, 5.74) is 5.11. The lowest BCUT2D eigenvalue weighted by atomic mass is 9.83. The summed E-state index contributed by atoms with van der Waals surface area (Å²) >= 11 is 0. The predicted octanol–water partition coefficient (Wildman–Crippen LogP) is 3.28. The Balaban J connectivity index is 1.45. The summed E-state index contributed by atoms with van der Waals surface area (Å²) in [5, 5.41) is 0. The molecule has 1 fully saturated rings. The highest BCUT2D eigenvalue weighted by atomic mass is 19.1. The van der Waals surface area contributed by atoms with Crippen LogP contribution in [-0.4, -0.2) is 38.8 Å². The smallest absolute Gasteiger partial charge is 0.228 e. The maximum atomic E-state index is 15.1.